The zero-order valence-electron chi connectivity index (χ0n) is 20.1. The number of anilines is 1. The van der Waals surface area contributed by atoms with Crippen LogP contribution in [0.1, 0.15) is 25.1 Å². The number of thioether (sulfide) groups is 2. The Morgan fingerprint density at radius 3 is 2.95 bits per heavy atom. The molecule has 0 spiro atoms. The summed E-state index contributed by atoms with van der Waals surface area (Å²) < 4.78 is 5.53. The van der Waals surface area contributed by atoms with Gasteiger partial charge < -0.3 is 25.9 Å². The second-order valence-corrected chi connectivity index (χ2v) is 11.8. The maximum atomic E-state index is 13.2. The Bertz CT molecular complexity index is 1300. The number of nitrogens with one attached hydrogen (secondary N) is 1. The number of aliphatic carboxylic acids is 1. The van der Waals surface area contributed by atoms with E-state index in [0.717, 1.165) is 30.8 Å². The molecule has 2 aliphatic heterocycles. The molecule has 4 heterocycles. The number of hydrogen-bond donors (Lipinski definition) is 3. The van der Waals surface area contributed by atoms with Crippen LogP contribution in [0.2, 0.25) is 0 Å². The van der Waals surface area contributed by atoms with Gasteiger partial charge >= 0.3 is 5.97 Å². The van der Waals surface area contributed by atoms with Gasteiger partial charge in [-0.05, 0) is 35.8 Å². The summed E-state index contributed by atoms with van der Waals surface area (Å²) >= 11 is 3.43. The van der Waals surface area contributed by atoms with Gasteiger partial charge in [0.05, 0.1) is 0 Å². The van der Waals surface area contributed by atoms with Crippen LogP contribution in [0.3, 0.4) is 0 Å². The van der Waals surface area contributed by atoms with Crippen LogP contribution in [0, 0.1) is 5.41 Å². The summed E-state index contributed by atoms with van der Waals surface area (Å²) in [6.45, 7) is 0.00569. The van der Waals surface area contributed by atoms with Gasteiger partial charge in [0.15, 0.2) is 5.13 Å². The fourth-order valence-electron chi connectivity index (χ4n) is 4.17. The van der Waals surface area contributed by atoms with Crippen molar-refractivity contribution in [3.8, 4) is 0 Å². The normalized spacial score (nSPS) is 27.0. The lowest BCUT2D eigenvalue weighted by atomic mass is 9.89. The summed E-state index contributed by atoms with van der Waals surface area (Å²) in [5.74, 6) is -1.65. The molecule has 4 N–H and O–H groups in total. The molecule has 0 bridgehead atoms. The minimum absolute atomic E-state index is 0.00454. The average Bonchev–Trinajstić information content (AvgIpc) is 3.54. The number of fused-ring (bicyclic) bond motifs is 1. The highest BCUT2D eigenvalue weighted by Crippen LogP contribution is 2.44. The highest BCUT2D eigenvalue weighted by atomic mass is 32.2. The molecule has 18 heteroatoms. The van der Waals surface area contributed by atoms with Crippen molar-refractivity contribution < 1.29 is 24.3 Å². The van der Waals surface area contributed by atoms with Crippen molar-refractivity contribution in [3.05, 3.63) is 18.0 Å². The lowest BCUT2D eigenvalue weighted by molar-refractivity contribution is -0.157. The van der Waals surface area contributed by atoms with Crippen LogP contribution in [0.15, 0.2) is 22.5 Å². The molecule has 38 heavy (non-hydrogen) atoms. The summed E-state index contributed by atoms with van der Waals surface area (Å²) in [6, 6.07) is -0.856. The van der Waals surface area contributed by atoms with Crippen LogP contribution in [0.5, 0.6) is 0 Å². The summed E-state index contributed by atoms with van der Waals surface area (Å²) in [4.78, 5) is 49.6. The number of amides is 2. The lowest BCUT2D eigenvalue weighted by Gasteiger charge is -2.53. The molecule has 1 aliphatic carbocycles. The van der Waals surface area contributed by atoms with E-state index in [2.05, 4.69) is 35.4 Å². The molecule has 2 fully saturated rings. The smallest absolute Gasteiger partial charge is 0.313 e. The molecule has 202 valence electrons. The first-order valence-corrected chi connectivity index (χ1v) is 14.4. The van der Waals surface area contributed by atoms with E-state index in [4.69, 9.17) is 10.6 Å². The minimum Gasteiger partial charge on any atom is -0.481 e. The monoisotopic (exact) mass is 580 g/mol. The molecular weight excluding hydrogens is 556 g/mol. The van der Waals surface area contributed by atoms with Gasteiger partial charge in [0.2, 0.25) is 22.6 Å². The van der Waals surface area contributed by atoms with E-state index in [0.29, 0.717) is 5.16 Å². The van der Waals surface area contributed by atoms with Crippen LogP contribution in [-0.2, 0) is 26.3 Å². The maximum Gasteiger partial charge on any atom is 0.313 e. The van der Waals surface area contributed by atoms with Crippen LogP contribution >= 0.6 is 35.1 Å². The third-order valence-electron chi connectivity index (χ3n) is 6.30. The third kappa shape index (κ3) is 5.19. The molecule has 0 aromatic carbocycles. The van der Waals surface area contributed by atoms with Crippen molar-refractivity contribution >= 4 is 63.7 Å². The topological polar surface area (TPSA) is 204 Å². The number of carbonyl (C=O) groups excluding carboxylic acids is 2. The first-order valence-electron chi connectivity index (χ1n) is 11.6. The highest BCUT2D eigenvalue weighted by molar-refractivity contribution is 8.00. The number of rotatable bonds is 9. The van der Waals surface area contributed by atoms with E-state index < -0.39 is 28.7 Å². The molecule has 15 nitrogen and oxygen atoms in total. The largest absolute Gasteiger partial charge is 0.481 e. The Hall–Kier alpha value is -3.25. The fraction of sp³-hybridized carbons (Fsp3) is 0.550. The number of β-lactam (4-membered cyclic amide) rings is 1. The van der Waals surface area contributed by atoms with Crippen molar-refractivity contribution in [3.63, 3.8) is 0 Å². The summed E-state index contributed by atoms with van der Waals surface area (Å²) in [6.07, 6.45) is 6.25. The molecule has 4 atom stereocenters. The first-order chi connectivity index (χ1) is 18.3. The third-order valence-corrected chi connectivity index (χ3v) is 9.73. The van der Waals surface area contributed by atoms with Crippen molar-refractivity contribution in [2.75, 3.05) is 23.8 Å². The van der Waals surface area contributed by atoms with Gasteiger partial charge in [-0.2, -0.15) is 9.36 Å². The van der Waals surface area contributed by atoms with Crippen LogP contribution in [-0.4, -0.2) is 98.6 Å². The number of nitrogens with zero attached hydrogens (tertiary/aromatic N) is 8. The van der Waals surface area contributed by atoms with E-state index in [1.807, 2.05) is 12.2 Å². The van der Waals surface area contributed by atoms with Crippen LogP contribution in [0.4, 0.5) is 5.13 Å². The second kappa shape index (κ2) is 10.9. The van der Waals surface area contributed by atoms with Gasteiger partial charge in [-0.15, -0.1) is 16.9 Å². The van der Waals surface area contributed by atoms with Crippen molar-refractivity contribution in [1.29, 1.82) is 0 Å². The molecule has 2 amide bonds. The number of tetrazole rings is 1. The number of hydrogen-bond acceptors (Lipinski definition) is 14. The number of carbonyl (C=O) groups is 3. The number of aromatic nitrogens is 6. The van der Waals surface area contributed by atoms with Crippen LogP contribution < -0.4 is 11.1 Å². The zero-order valence-corrected chi connectivity index (χ0v) is 22.5. The minimum atomic E-state index is -1.20. The molecule has 2 aromatic heterocycles. The molecular formula is C20H24N10O5S3. The van der Waals surface area contributed by atoms with Gasteiger partial charge in [-0.25, -0.2) is 4.68 Å². The Morgan fingerprint density at radius 2 is 2.29 bits per heavy atom. The Balaban J connectivity index is 1.26. The molecule has 5 rings (SSSR count). The molecule has 2 aromatic rings. The molecule has 3 unspecified atom stereocenters. The van der Waals surface area contributed by atoms with Gasteiger partial charge in [0.1, 0.15) is 22.9 Å². The Labute approximate surface area is 228 Å². The number of aryl methyl sites for hydroxylation is 1. The lowest BCUT2D eigenvalue weighted by Crippen LogP contribution is -2.74. The quantitative estimate of drug-likeness (QED) is 0.115. The van der Waals surface area contributed by atoms with E-state index >= 15 is 0 Å². The number of carboxylic acids is 1. The standard InChI is InChI=1S/C20H24N10O5S3/c1-29-19(24-27-28-29)37-9-20(17(33)34)7-30-15(32)12(16(30)36-8-20)22-14(31)11(13-23-18(21)38-26-13)25-35-10-5-3-2-4-6-10/h3,5,10,12,16H,2,4,6-9H2,1H3,(H,22,31)(H,33,34)(H2,21,23,26)/t10?,12?,16-,20?/m1/s1. The molecule has 0 saturated carbocycles. The summed E-state index contributed by atoms with van der Waals surface area (Å²) in [5.41, 5.74) is 4.32. The molecule has 0 radical (unpaired) electrons. The number of oxime groups is 1. The van der Waals surface area contributed by atoms with E-state index in [-0.39, 0.29) is 46.7 Å². The average molecular weight is 581 g/mol. The van der Waals surface area contributed by atoms with Crippen molar-refractivity contribution in [2.45, 2.75) is 41.9 Å². The summed E-state index contributed by atoms with van der Waals surface area (Å²) in [5, 5.41) is 28.2. The Kier molecular flexibility index (Phi) is 7.53. The number of carboxylic acid groups (broad SMARTS) is 1. The first kappa shape index (κ1) is 26.4. The van der Waals surface area contributed by atoms with Crippen molar-refractivity contribution in [2.24, 2.45) is 17.6 Å². The SMILES string of the molecule is Cn1nnnc1SCC1(C(=O)O)CS[C@@H]2C(NC(=O)C(=NOC3C=CCCC3)c3nsc(N)n3)C(=O)N2C1. The van der Waals surface area contributed by atoms with Crippen LogP contribution in [0.25, 0.3) is 0 Å². The number of nitrogen functional groups attached to an aromatic ring is 1. The van der Waals surface area contributed by atoms with Gasteiger partial charge in [0.25, 0.3) is 5.91 Å². The van der Waals surface area contributed by atoms with Gasteiger partial charge in [-0.3, -0.25) is 14.4 Å². The van der Waals surface area contributed by atoms with Crippen molar-refractivity contribution in [1.82, 2.24) is 39.8 Å². The van der Waals surface area contributed by atoms with Gasteiger partial charge in [-0.1, -0.05) is 23.0 Å². The number of allylic oxidation sites excluding steroid dienone is 1. The Morgan fingerprint density at radius 1 is 1.45 bits per heavy atom. The zero-order chi connectivity index (χ0) is 26.9. The van der Waals surface area contributed by atoms with E-state index in [1.54, 1.807) is 7.05 Å². The fourth-order valence-corrected chi connectivity index (χ4v) is 7.31. The van der Waals surface area contributed by atoms with Gasteiger partial charge in [0, 0.05) is 36.6 Å². The molecule has 2 saturated heterocycles. The van der Waals surface area contributed by atoms with E-state index in [9.17, 15) is 19.5 Å². The predicted octanol–water partition coefficient (Wildman–Crippen LogP) is -0.264. The van der Waals surface area contributed by atoms with E-state index in [1.165, 1.54) is 33.1 Å². The summed E-state index contributed by atoms with van der Waals surface area (Å²) in [7, 11) is 1.66. The second-order valence-electron chi connectivity index (χ2n) is 8.98. The maximum absolute atomic E-state index is 13.2. The molecule has 3 aliphatic rings. The highest BCUT2D eigenvalue weighted by Gasteiger charge is 2.57. The predicted molar refractivity (Wildman–Crippen MR) is 138 cm³/mol. The number of nitrogens with two attached hydrogens (primary N) is 1.